The lowest BCUT2D eigenvalue weighted by Gasteiger charge is -2.27. The third-order valence-electron chi connectivity index (χ3n) is 5.46. The van der Waals surface area contributed by atoms with Gasteiger partial charge in [-0.25, -0.2) is 9.18 Å². The summed E-state index contributed by atoms with van der Waals surface area (Å²) in [6.45, 7) is 8.15. The molecule has 6 heteroatoms. The number of benzene rings is 2. The van der Waals surface area contributed by atoms with Crippen molar-refractivity contribution in [3.05, 3.63) is 81.3 Å². The average molecular weight is 395 g/mol. The van der Waals surface area contributed by atoms with Crippen LogP contribution in [0.15, 0.2) is 47.7 Å². The van der Waals surface area contributed by atoms with Crippen LogP contribution in [0.2, 0.25) is 0 Å². The lowest BCUT2D eigenvalue weighted by Crippen LogP contribution is -2.42. The van der Waals surface area contributed by atoms with Crippen LogP contribution in [0.1, 0.15) is 47.7 Å². The summed E-state index contributed by atoms with van der Waals surface area (Å²) < 4.78 is 14.3. The van der Waals surface area contributed by atoms with Gasteiger partial charge in [0.2, 0.25) is 5.91 Å². The third kappa shape index (κ3) is 4.65. The number of nitrogens with one attached hydrogen (secondary N) is 3. The number of carbonyl (C=O) groups excluding carboxylic acids is 2. The molecule has 1 atom stereocenters. The minimum Gasteiger partial charge on any atom is -0.352 e. The Morgan fingerprint density at radius 1 is 1.10 bits per heavy atom. The van der Waals surface area contributed by atoms with Crippen LogP contribution in [0.5, 0.6) is 0 Å². The van der Waals surface area contributed by atoms with E-state index in [9.17, 15) is 14.0 Å². The number of aryl methyl sites for hydroxylation is 2. The molecule has 29 heavy (non-hydrogen) atoms. The van der Waals surface area contributed by atoms with Crippen LogP contribution >= 0.6 is 0 Å². The number of allylic oxidation sites excluding steroid dienone is 1. The molecule has 2 aromatic rings. The fourth-order valence-corrected chi connectivity index (χ4v) is 3.55. The number of hydrogen-bond donors (Lipinski definition) is 3. The van der Waals surface area contributed by atoms with Crippen molar-refractivity contribution in [2.45, 2.75) is 46.7 Å². The maximum absolute atomic E-state index is 14.3. The van der Waals surface area contributed by atoms with Crippen LogP contribution in [-0.2, 0) is 17.8 Å². The lowest BCUT2D eigenvalue weighted by atomic mass is 9.94. The second kappa shape index (κ2) is 8.47. The Labute approximate surface area is 170 Å². The molecule has 0 saturated carbocycles. The monoisotopic (exact) mass is 395 g/mol. The van der Waals surface area contributed by atoms with Gasteiger partial charge in [-0.1, -0.05) is 24.3 Å². The van der Waals surface area contributed by atoms with E-state index >= 15 is 0 Å². The summed E-state index contributed by atoms with van der Waals surface area (Å²) in [5.41, 5.74) is 6.06. The smallest absolute Gasteiger partial charge is 0.319 e. The number of rotatable bonds is 5. The van der Waals surface area contributed by atoms with E-state index in [1.807, 2.05) is 45.9 Å². The van der Waals surface area contributed by atoms with Gasteiger partial charge in [0.15, 0.2) is 0 Å². The molecule has 0 fully saturated rings. The maximum Gasteiger partial charge on any atom is 0.319 e. The lowest BCUT2D eigenvalue weighted by molar-refractivity contribution is -0.120. The summed E-state index contributed by atoms with van der Waals surface area (Å²) >= 11 is 0. The molecule has 2 aromatic carbocycles. The first-order valence-electron chi connectivity index (χ1n) is 9.61. The molecule has 1 aliphatic rings. The fraction of sp³-hybridized carbons (Fsp3) is 0.304. The quantitative estimate of drug-likeness (QED) is 0.717. The van der Waals surface area contributed by atoms with Crippen LogP contribution in [0, 0.1) is 19.7 Å². The van der Waals surface area contributed by atoms with Gasteiger partial charge in [-0.2, -0.15) is 0 Å². The molecule has 5 nitrogen and oxygen atoms in total. The normalized spacial score (nSPS) is 16.3. The summed E-state index contributed by atoms with van der Waals surface area (Å²) in [7, 11) is 0. The van der Waals surface area contributed by atoms with Crippen LogP contribution in [-0.4, -0.2) is 11.9 Å². The molecule has 0 aromatic heterocycles. The Hall–Kier alpha value is -3.15. The van der Waals surface area contributed by atoms with Crippen LogP contribution in [0.25, 0.3) is 0 Å². The molecule has 0 aliphatic carbocycles. The zero-order chi connectivity index (χ0) is 21.1. The maximum atomic E-state index is 14.3. The number of amides is 3. The first-order valence-corrected chi connectivity index (χ1v) is 9.61. The third-order valence-corrected chi connectivity index (χ3v) is 5.46. The topological polar surface area (TPSA) is 70.2 Å². The van der Waals surface area contributed by atoms with Crippen molar-refractivity contribution < 1.29 is 14.0 Å². The van der Waals surface area contributed by atoms with E-state index in [1.165, 1.54) is 6.07 Å². The second-order valence-corrected chi connectivity index (χ2v) is 7.51. The first kappa shape index (κ1) is 20.6. The Morgan fingerprint density at radius 2 is 1.79 bits per heavy atom. The molecule has 1 unspecified atom stereocenters. The summed E-state index contributed by atoms with van der Waals surface area (Å²) in [6.07, 6.45) is -0.0642. The molecule has 1 aliphatic heterocycles. The number of halogens is 1. The molecule has 1 heterocycles. The highest BCUT2D eigenvalue weighted by Gasteiger charge is 2.24. The predicted molar refractivity (Wildman–Crippen MR) is 111 cm³/mol. The number of carbonyl (C=O) groups is 2. The largest absolute Gasteiger partial charge is 0.352 e. The molecule has 3 N–H and O–H groups in total. The van der Waals surface area contributed by atoms with Gasteiger partial charge in [0, 0.05) is 12.2 Å². The van der Waals surface area contributed by atoms with Crippen molar-refractivity contribution in [3.63, 3.8) is 0 Å². The van der Waals surface area contributed by atoms with Gasteiger partial charge in [-0.05, 0) is 73.2 Å². The minimum absolute atomic E-state index is 0.0642. The van der Waals surface area contributed by atoms with E-state index in [4.69, 9.17) is 0 Å². The van der Waals surface area contributed by atoms with E-state index in [1.54, 1.807) is 12.1 Å². The van der Waals surface area contributed by atoms with Crippen LogP contribution in [0.4, 0.5) is 9.18 Å². The molecule has 3 amide bonds. The summed E-state index contributed by atoms with van der Waals surface area (Å²) in [6, 6.07) is 9.98. The molecular formula is C23H26FN3O2. The van der Waals surface area contributed by atoms with Gasteiger partial charge >= 0.3 is 6.03 Å². The molecule has 152 valence electrons. The van der Waals surface area contributed by atoms with E-state index < -0.39 is 5.82 Å². The predicted octanol–water partition coefficient (Wildman–Crippen LogP) is 3.95. The fourth-order valence-electron chi connectivity index (χ4n) is 3.55. The van der Waals surface area contributed by atoms with Crippen molar-refractivity contribution in [3.8, 4) is 0 Å². The van der Waals surface area contributed by atoms with Crippen molar-refractivity contribution in [2.24, 2.45) is 0 Å². The van der Waals surface area contributed by atoms with Crippen molar-refractivity contribution in [2.75, 3.05) is 0 Å². The van der Waals surface area contributed by atoms with Crippen LogP contribution < -0.4 is 16.0 Å². The van der Waals surface area contributed by atoms with Crippen LogP contribution in [0.3, 0.4) is 0 Å². The van der Waals surface area contributed by atoms with Gasteiger partial charge in [-0.15, -0.1) is 0 Å². The van der Waals surface area contributed by atoms with E-state index in [2.05, 4.69) is 16.0 Å². The molecule has 0 radical (unpaired) electrons. The number of urea groups is 1. The SMILES string of the molecule is CC1=C(C)C(c2ccc(F)c(CC(=O)NCc3c(C)cccc3C)c2)NC(=O)N1. The molecular weight excluding hydrogens is 369 g/mol. The van der Waals surface area contributed by atoms with Crippen molar-refractivity contribution in [1.82, 2.24) is 16.0 Å². The highest BCUT2D eigenvalue weighted by Crippen LogP contribution is 2.27. The Kier molecular flexibility index (Phi) is 6.01. The Morgan fingerprint density at radius 3 is 2.48 bits per heavy atom. The Balaban J connectivity index is 1.74. The highest BCUT2D eigenvalue weighted by atomic mass is 19.1. The van der Waals surface area contributed by atoms with E-state index in [-0.39, 0.29) is 24.4 Å². The van der Waals surface area contributed by atoms with Gasteiger partial charge in [-0.3, -0.25) is 4.79 Å². The molecule has 3 rings (SSSR count). The first-order chi connectivity index (χ1) is 13.8. The standard InChI is InChI=1S/C23H26FN3O2/c1-13-6-5-7-14(2)19(13)12-25-21(28)11-18-10-17(8-9-20(18)24)22-15(3)16(4)26-23(29)27-22/h5-10,22H,11-12H2,1-4H3,(H,25,28)(H2,26,27,29). The second-order valence-electron chi connectivity index (χ2n) is 7.51. The minimum atomic E-state index is -0.436. The molecule has 0 saturated heterocycles. The molecule has 0 bridgehead atoms. The van der Waals surface area contributed by atoms with Crippen molar-refractivity contribution in [1.29, 1.82) is 0 Å². The van der Waals surface area contributed by atoms with Gasteiger partial charge in [0.1, 0.15) is 5.82 Å². The van der Waals surface area contributed by atoms with E-state index in [0.717, 1.165) is 33.5 Å². The zero-order valence-corrected chi connectivity index (χ0v) is 17.2. The average Bonchev–Trinajstić information content (AvgIpc) is 2.66. The van der Waals surface area contributed by atoms with Gasteiger partial charge in [0.05, 0.1) is 12.5 Å². The highest BCUT2D eigenvalue weighted by molar-refractivity contribution is 5.79. The van der Waals surface area contributed by atoms with Crippen molar-refractivity contribution >= 4 is 11.9 Å². The number of hydrogen-bond acceptors (Lipinski definition) is 2. The summed E-state index contributed by atoms with van der Waals surface area (Å²) in [5, 5.41) is 8.44. The van der Waals surface area contributed by atoms with Gasteiger partial charge in [0.25, 0.3) is 0 Å². The van der Waals surface area contributed by atoms with E-state index in [0.29, 0.717) is 12.1 Å². The molecule has 0 spiro atoms. The Bertz CT molecular complexity index is 977. The van der Waals surface area contributed by atoms with Gasteiger partial charge < -0.3 is 16.0 Å². The summed E-state index contributed by atoms with van der Waals surface area (Å²) in [4.78, 5) is 24.3. The zero-order valence-electron chi connectivity index (χ0n) is 17.2. The summed E-state index contributed by atoms with van der Waals surface area (Å²) in [5.74, 6) is -0.684.